The summed E-state index contributed by atoms with van der Waals surface area (Å²) in [5.74, 6) is -3.00. The zero-order valence-corrected chi connectivity index (χ0v) is 17.9. The van der Waals surface area contributed by atoms with Gasteiger partial charge in [0.05, 0.1) is 6.04 Å². The maximum atomic E-state index is 14.5. The molecule has 2 aliphatic rings. The lowest BCUT2D eigenvalue weighted by atomic mass is 10.2. The van der Waals surface area contributed by atoms with Crippen molar-refractivity contribution in [3.05, 3.63) is 69.9 Å². The summed E-state index contributed by atoms with van der Waals surface area (Å²) in [5, 5.41) is 0. The first-order valence-electron chi connectivity index (χ1n) is 10.5. The van der Waals surface area contributed by atoms with Gasteiger partial charge in [-0.1, -0.05) is 0 Å². The molecular weight excluding hydrogens is 477 g/mol. The number of ether oxygens (including phenoxy) is 2. The molecule has 0 bridgehead atoms. The number of halogens is 5. The zero-order chi connectivity index (χ0) is 24.9. The Morgan fingerprint density at radius 1 is 1.11 bits per heavy atom. The van der Waals surface area contributed by atoms with E-state index in [0.29, 0.717) is 25.0 Å². The molecule has 35 heavy (non-hydrogen) atoms. The van der Waals surface area contributed by atoms with Gasteiger partial charge in [-0.3, -0.25) is 9.55 Å². The highest BCUT2D eigenvalue weighted by Gasteiger charge is 2.38. The highest BCUT2D eigenvalue weighted by Crippen LogP contribution is 2.34. The first-order valence-corrected chi connectivity index (χ1v) is 10.5. The molecule has 0 amide bonds. The number of benzene rings is 1. The SMILES string of the molecule is N[C@H]1C[C@H]2Cn3c(cc(OCc4cc(F)c(Oc5ccnc(C(F)(F)F)c5)c(F)c4)nc3=O)N2C1. The van der Waals surface area contributed by atoms with Crippen molar-refractivity contribution in [3.8, 4) is 17.4 Å². The van der Waals surface area contributed by atoms with Crippen LogP contribution in [0.4, 0.5) is 27.8 Å². The molecule has 2 aliphatic heterocycles. The Morgan fingerprint density at radius 2 is 1.86 bits per heavy atom. The lowest BCUT2D eigenvalue weighted by Gasteiger charge is -2.17. The molecule has 8 nitrogen and oxygen atoms in total. The average molecular weight is 495 g/mol. The van der Waals surface area contributed by atoms with E-state index >= 15 is 0 Å². The van der Waals surface area contributed by atoms with E-state index in [9.17, 15) is 26.7 Å². The van der Waals surface area contributed by atoms with Crippen molar-refractivity contribution in [1.82, 2.24) is 14.5 Å². The Morgan fingerprint density at radius 3 is 2.57 bits per heavy atom. The van der Waals surface area contributed by atoms with Gasteiger partial charge in [0, 0.05) is 37.5 Å². The Labute approximate surface area is 194 Å². The van der Waals surface area contributed by atoms with Gasteiger partial charge in [0.25, 0.3) is 0 Å². The Balaban J connectivity index is 1.32. The largest absolute Gasteiger partial charge is 0.473 e. The van der Waals surface area contributed by atoms with E-state index in [0.717, 1.165) is 30.8 Å². The summed E-state index contributed by atoms with van der Waals surface area (Å²) < 4.78 is 79.5. The van der Waals surface area contributed by atoms with Gasteiger partial charge >= 0.3 is 11.9 Å². The molecule has 2 atom stereocenters. The summed E-state index contributed by atoms with van der Waals surface area (Å²) >= 11 is 0. The van der Waals surface area contributed by atoms with Gasteiger partial charge in [0.15, 0.2) is 17.4 Å². The summed E-state index contributed by atoms with van der Waals surface area (Å²) in [6.45, 7) is 0.753. The number of rotatable bonds is 5. The molecule has 3 aromatic rings. The van der Waals surface area contributed by atoms with Gasteiger partial charge in [0.1, 0.15) is 23.9 Å². The van der Waals surface area contributed by atoms with Crippen molar-refractivity contribution in [2.75, 3.05) is 11.4 Å². The Hall–Kier alpha value is -3.74. The van der Waals surface area contributed by atoms with Crippen LogP contribution in [0.15, 0.2) is 41.3 Å². The number of pyridine rings is 1. The number of nitrogens with zero attached hydrogens (tertiary/aromatic N) is 4. The van der Waals surface area contributed by atoms with Crippen LogP contribution >= 0.6 is 0 Å². The molecule has 184 valence electrons. The summed E-state index contributed by atoms with van der Waals surface area (Å²) in [7, 11) is 0. The van der Waals surface area contributed by atoms with Crippen molar-refractivity contribution in [2.45, 2.75) is 37.8 Å². The summed E-state index contributed by atoms with van der Waals surface area (Å²) in [4.78, 5) is 21.4. The molecule has 1 saturated heterocycles. The van der Waals surface area contributed by atoms with Crippen LogP contribution in [0.3, 0.4) is 0 Å². The fourth-order valence-electron chi connectivity index (χ4n) is 4.27. The number of nitrogens with two attached hydrogens (primary N) is 1. The standard InChI is InChI=1S/C22H18F5N5O3/c23-15-3-11(4-16(24)20(15)35-14-1-2-29-17(6-14)22(25,26)27)10-34-18-7-19-31-8-12(28)5-13(31)9-32(19)21(33)30-18/h1-4,6-7,12-13H,5,8-10,28H2/t12-,13-/m0/s1. The minimum Gasteiger partial charge on any atom is -0.473 e. The van der Waals surface area contributed by atoms with Crippen molar-refractivity contribution < 1.29 is 31.4 Å². The van der Waals surface area contributed by atoms with Crippen LogP contribution in [-0.2, 0) is 19.3 Å². The maximum absolute atomic E-state index is 14.5. The quantitative estimate of drug-likeness (QED) is 0.543. The molecular formula is C22H18F5N5O3. The molecule has 0 aliphatic carbocycles. The van der Waals surface area contributed by atoms with Gasteiger partial charge in [0.2, 0.25) is 5.88 Å². The molecule has 1 aromatic carbocycles. The lowest BCUT2D eigenvalue weighted by molar-refractivity contribution is -0.141. The van der Waals surface area contributed by atoms with E-state index in [1.165, 1.54) is 4.57 Å². The Bertz CT molecular complexity index is 1320. The van der Waals surface area contributed by atoms with Gasteiger partial charge in [-0.25, -0.2) is 13.6 Å². The van der Waals surface area contributed by atoms with Crippen molar-refractivity contribution >= 4 is 5.82 Å². The fraction of sp³-hybridized carbons (Fsp3) is 0.318. The summed E-state index contributed by atoms with van der Waals surface area (Å²) in [6, 6.07) is 5.09. The molecule has 2 N–H and O–H groups in total. The molecule has 0 spiro atoms. The highest BCUT2D eigenvalue weighted by atomic mass is 19.4. The van der Waals surface area contributed by atoms with Crippen LogP contribution in [0.1, 0.15) is 17.7 Å². The van der Waals surface area contributed by atoms with Gasteiger partial charge < -0.3 is 20.1 Å². The molecule has 1 fully saturated rings. The molecule has 0 radical (unpaired) electrons. The van der Waals surface area contributed by atoms with Crippen molar-refractivity contribution in [3.63, 3.8) is 0 Å². The van der Waals surface area contributed by atoms with Crippen LogP contribution in [0.5, 0.6) is 17.4 Å². The highest BCUT2D eigenvalue weighted by molar-refractivity contribution is 5.49. The zero-order valence-electron chi connectivity index (χ0n) is 17.9. The molecule has 0 unspecified atom stereocenters. The lowest BCUT2D eigenvalue weighted by Crippen LogP contribution is -2.28. The second-order valence-corrected chi connectivity index (χ2v) is 8.30. The summed E-state index contributed by atoms with van der Waals surface area (Å²) in [6.07, 6.45) is -3.17. The van der Waals surface area contributed by atoms with E-state index in [1.54, 1.807) is 6.07 Å². The molecule has 2 aromatic heterocycles. The van der Waals surface area contributed by atoms with Crippen molar-refractivity contribution in [1.29, 1.82) is 0 Å². The number of aromatic nitrogens is 3. The molecule has 0 saturated carbocycles. The first kappa shape index (κ1) is 23.0. The number of hydrogen-bond acceptors (Lipinski definition) is 7. The van der Waals surface area contributed by atoms with Crippen LogP contribution in [0.25, 0.3) is 0 Å². The van der Waals surface area contributed by atoms with E-state index < -0.39 is 40.7 Å². The normalized spacial score (nSPS) is 19.0. The predicted molar refractivity (Wildman–Crippen MR) is 112 cm³/mol. The smallest absolute Gasteiger partial charge is 0.433 e. The van der Waals surface area contributed by atoms with Crippen LogP contribution in [-0.4, -0.2) is 33.2 Å². The van der Waals surface area contributed by atoms with Gasteiger partial charge in [-0.2, -0.15) is 18.2 Å². The predicted octanol–water partition coefficient (Wildman–Crippen LogP) is 3.23. The number of alkyl halides is 3. The minimum absolute atomic E-state index is 0.000250. The molecule has 4 heterocycles. The third-order valence-electron chi connectivity index (χ3n) is 5.79. The fourth-order valence-corrected chi connectivity index (χ4v) is 4.27. The van der Waals surface area contributed by atoms with E-state index in [2.05, 4.69) is 9.97 Å². The van der Waals surface area contributed by atoms with Crippen molar-refractivity contribution in [2.24, 2.45) is 5.73 Å². The number of fused-ring (bicyclic) bond motifs is 3. The molecule has 13 heteroatoms. The second kappa shape index (κ2) is 8.48. The topological polar surface area (TPSA) is 95.5 Å². The number of anilines is 1. The van der Waals surface area contributed by atoms with E-state index in [1.807, 2.05) is 4.90 Å². The maximum Gasteiger partial charge on any atom is 0.433 e. The van der Waals surface area contributed by atoms with Crippen LogP contribution < -0.4 is 25.8 Å². The van der Waals surface area contributed by atoms with Crippen LogP contribution in [0.2, 0.25) is 0 Å². The third-order valence-corrected chi connectivity index (χ3v) is 5.79. The first-order chi connectivity index (χ1) is 16.6. The monoisotopic (exact) mass is 495 g/mol. The second-order valence-electron chi connectivity index (χ2n) is 8.30. The van der Waals surface area contributed by atoms with Crippen LogP contribution in [0, 0.1) is 11.6 Å². The van der Waals surface area contributed by atoms with E-state index in [-0.39, 0.29) is 30.1 Å². The van der Waals surface area contributed by atoms with E-state index in [4.69, 9.17) is 15.2 Å². The summed E-state index contributed by atoms with van der Waals surface area (Å²) in [5.41, 5.74) is 4.29. The Kier molecular flexibility index (Phi) is 5.58. The average Bonchev–Trinajstić information content (AvgIpc) is 3.31. The van der Waals surface area contributed by atoms with Gasteiger partial charge in [-0.15, -0.1) is 0 Å². The number of hydrogen-bond donors (Lipinski definition) is 1. The minimum atomic E-state index is -4.74. The van der Waals surface area contributed by atoms with Gasteiger partial charge in [-0.05, 0) is 30.2 Å². The third kappa shape index (κ3) is 4.50. The molecule has 5 rings (SSSR count).